The number of aliphatic hydroxyl groups excluding tert-OH is 2. The summed E-state index contributed by atoms with van der Waals surface area (Å²) in [7, 11) is 2.95. The third-order valence-corrected chi connectivity index (χ3v) is 7.15. The molecule has 0 aliphatic carbocycles. The number of ether oxygens (including phenoxy) is 2. The number of β-amino-alcohol motifs (C(OH)–C–C–N with tert-alkyl or cyclic N) is 1. The number of aryl methyl sites for hydroxylation is 1. The SMILES string of the molecule is COc1cc(OC)cc(-c2nn(-c3cc(N4CC[C@H](O)C4)ccc3C(F)(F)F)c(=O)c3c2cc(C)n3CCO)c1. The molecule has 0 bridgehead atoms. The highest BCUT2D eigenvalue weighted by Gasteiger charge is 2.36. The van der Waals surface area contributed by atoms with Crippen LogP contribution in [0.15, 0.2) is 47.3 Å². The first-order valence-electron chi connectivity index (χ1n) is 12.7. The molecular weight excluding hydrogens is 529 g/mol. The molecule has 0 spiro atoms. The lowest BCUT2D eigenvalue weighted by Crippen LogP contribution is -2.28. The summed E-state index contributed by atoms with van der Waals surface area (Å²) in [6, 6.07) is 10.2. The summed E-state index contributed by atoms with van der Waals surface area (Å²) in [5.41, 5.74) is -0.370. The number of anilines is 1. The minimum atomic E-state index is -4.78. The van der Waals surface area contributed by atoms with E-state index in [2.05, 4.69) is 5.10 Å². The Morgan fingerprint density at radius 3 is 2.35 bits per heavy atom. The van der Waals surface area contributed by atoms with Crippen LogP contribution in [0.4, 0.5) is 18.9 Å². The Morgan fingerprint density at radius 1 is 1.07 bits per heavy atom. The van der Waals surface area contributed by atoms with E-state index >= 15 is 0 Å². The fraction of sp³-hybridized carbons (Fsp3) is 0.357. The van der Waals surface area contributed by atoms with Gasteiger partial charge in [-0.15, -0.1) is 0 Å². The topological polar surface area (TPSA) is 102 Å². The van der Waals surface area contributed by atoms with Crippen LogP contribution < -0.4 is 19.9 Å². The second-order valence-corrected chi connectivity index (χ2v) is 9.68. The van der Waals surface area contributed by atoms with Gasteiger partial charge in [0.15, 0.2) is 0 Å². The van der Waals surface area contributed by atoms with Gasteiger partial charge in [-0.2, -0.15) is 23.0 Å². The Kier molecular flexibility index (Phi) is 7.23. The standard InChI is InChI=1S/C28H29F3N4O5/c1-16-10-22-25(17-11-20(39-2)14-21(12-17)40-3)32-35(27(38)26(22)34(16)8-9-36)24-13-18(33-7-6-19(37)15-33)4-5-23(24)28(29,30)31/h4-5,10-14,19,36-37H,6-9,15H2,1-3H3/t19-/m0/s1. The highest BCUT2D eigenvalue weighted by molar-refractivity contribution is 5.94. The van der Waals surface area contributed by atoms with Gasteiger partial charge in [-0.05, 0) is 49.7 Å². The van der Waals surface area contributed by atoms with Gasteiger partial charge in [0.1, 0.15) is 22.7 Å². The van der Waals surface area contributed by atoms with Crippen molar-refractivity contribution in [3.8, 4) is 28.4 Å². The second kappa shape index (κ2) is 10.5. The van der Waals surface area contributed by atoms with Crippen molar-refractivity contribution in [3.63, 3.8) is 0 Å². The van der Waals surface area contributed by atoms with E-state index in [4.69, 9.17) is 9.47 Å². The predicted octanol–water partition coefficient (Wildman–Crippen LogP) is 3.76. The van der Waals surface area contributed by atoms with Crippen LogP contribution in [0.5, 0.6) is 11.5 Å². The van der Waals surface area contributed by atoms with Gasteiger partial charge in [-0.1, -0.05) is 0 Å². The smallest absolute Gasteiger partial charge is 0.418 e. The average molecular weight is 559 g/mol. The van der Waals surface area contributed by atoms with Crippen LogP contribution in [0, 0.1) is 6.92 Å². The van der Waals surface area contributed by atoms with E-state index in [0.29, 0.717) is 46.8 Å². The van der Waals surface area contributed by atoms with Gasteiger partial charge in [0, 0.05) is 48.0 Å². The summed E-state index contributed by atoms with van der Waals surface area (Å²) in [6.45, 7) is 2.25. The maximum absolute atomic E-state index is 14.3. The summed E-state index contributed by atoms with van der Waals surface area (Å²) in [4.78, 5) is 15.7. The lowest BCUT2D eigenvalue weighted by atomic mass is 10.1. The van der Waals surface area contributed by atoms with Crippen molar-refractivity contribution in [2.24, 2.45) is 0 Å². The first kappa shape index (κ1) is 27.5. The first-order chi connectivity index (χ1) is 19.0. The van der Waals surface area contributed by atoms with Gasteiger partial charge < -0.3 is 29.2 Å². The summed E-state index contributed by atoms with van der Waals surface area (Å²) in [5, 5.41) is 24.6. The van der Waals surface area contributed by atoms with Crippen LogP contribution in [-0.2, 0) is 12.7 Å². The molecule has 0 radical (unpaired) electrons. The van der Waals surface area contributed by atoms with Gasteiger partial charge in [0.2, 0.25) is 0 Å². The second-order valence-electron chi connectivity index (χ2n) is 9.68. The number of nitrogens with zero attached hydrogens (tertiary/aromatic N) is 4. The zero-order valence-corrected chi connectivity index (χ0v) is 22.2. The third kappa shape index (κ3) is 4.88. The van der Waals surface area contributed by atoms with Crippen molar-refractivity contribution in [2.75, 3.05) is 38.8 Å². The molecule has 5 rings (SSSR count). The van der Waals surface area contributed by atoms with Crippen molar-refractivity contribution in [2.45, 2.75) is 32.2 Å². The van der Waals surface area contributed by atoms with Gasteiger partial charge in [0.25, 0.3) is 5.56 Å². The quantitative estimate of drug-likeness (QED) is 0.356. The summed E-state index contributed by atoms with van der Waals surface area (Å²) in [5.74, 6) is 0.860. The Labute approximate surface area is 227 Å². The predicted molar refractivity (Wildman–Crippen MR) is 144 cm³/mol. The molecule has 1 saturated heterocycles. The van der Waals surface area contributed by atoms with E-state index in [9.17, 15) is 28.2 Å². The molecule has 12 heteroatoms. The van der Waals surface area contributed by atoms with E-state index < -0.39 is 29.1 Å². The number of hydrogen-bond donors (Lipinski definition) is 2. The van der Waals surface area contributed by atoms with Gasteiger partial charge in [-0.3, -0.25) is 4.79 Å². The van der Waals surface area contributed by atoms with Crippen molar-refractivity contribution in [1.29, 1.82) is 0 Å². The van der Waals surface area contributed by atoms with E-state index in [1.807, 2.05) is 0 Å². The molecule has 1 fully saturated rings. The van der Waals surface area contributed by atoms with Crippen LogP contribution in [0.1, 0.15) is 17.7 Å². The van der Waals surface area contributed by atoms with Gasteiger partial charge in [0.05, 0.1) is 38.2 Å². The molecule has 0 unspecified atom stereocenters. The number of hydrogen-bond acceptors (Lipinski definition) is 7. The van der Waals surface area contributed by atoms with Crippen molar-refractivity contribution in [3.05, 3.63) is 64.1 Å². The van der Waals surface area contributed by atoms with Gasteiger partial charge in [-0.25, -0.2) is 0 Å². The van der Waals surface area contributed by atoms with Crippen LogP contribution in [0.2, 0.25) is 0 Å². The molecule has 0 amide bonds. The van der Waals surface area contributed by atoms with Gasteiger partial charge >= 0.3 is 6.18 Å². The monoisotopic (exact) mass is 558 g/mol. The molecule has 1 atom stereocenters. The number of fused-ring (bicyclic) bond motifs is 1. The van der Waals surface area contributed by atoms with Crippen LogP contribution in [-0.4, -0.2) is 64.6 Å². The van der Waals surface area contributed by atoms with E-state index in [1.54, 1.807) is 40.7 Å². The van der Waals surface area contributed by atoms with Crippen LogP contribution >= 0.6 is 0 Å². The number of aromatic nitrogens is 3. The van der Waals surface area contributed by atoms with Crippen molar-refractivity contribution in [1.82, 2.24) is 14.3 Å². The molecule has 4 aromatic rings. The molecule has 40 heavy (non-hydrogen) atoms. The van der Waals surface area contributed by atoms with E-state index in [1.165, 1.54) is 26.4 Å². The third-order valence-electron chi connectivity index (χ3n) is 7.15. The maximum Gasteiger partial charge on any atom is 0.418 e. The molecule has 2 aromatic carbocycles. The van der Waals surface area contributed by atoms with Crippen molar-refractivity contribution >= 4 is 16.6 Å². The normalized spacial score (nSPS) is 15.7. The van der Waals surface area contributed by atoms with Crippen LogP contribution in [0.25, 0.3) is 27.8 Å². The fourth-order valence-corrected chi connectivity index (χ4v) is 5.20. The molecule has 1 aliphatic heterocycles. The molecular formula is C28H29F3N4O5. The number of benzene rings is 2. The summed E-state index contributed by atoms with van der Waals surface area (Å²) >= 11 is 0. The molecule has 212 valence electrons. The number of rotatable bonds is 7. The number of aliphatic hydroxyl groups is 2. The van der Waals surface area contributed by atoms with E-state index in [-0.39, 0.29) is 30.9 Å². The fourth-order valence-electron chi connectivity index (χ4n) is 5.20. The Morgan fingerprint density at radius 2 is 1.77 bits per heavy atom. The van der Waals surface area contributed by atoms with Crippen molar-refractivity contribution < 1.29 is 32.9 Å². The summed E-state index contributed by atoms with van der Waals surface area (Å²) in [6.07, 6.45) is -4.89. The number of alkyl halides is 3. The Balaban J connectivity index is 1.86. The lowest BCUT2D eigenvalue weighted by molar-refractivity contribution is -0.137. The highest BCUT2D eigenvalue weighted by Crippen LogP contribution is 2.38. The molecule has 2 aromatic heterocycles. The Hall–Kier alpha value is -4.03. The minimum Gasteiger partial charge on any atom is -0.497 e. The number of methoxy groups -OCH3 is 2. The molecule has 2 N–H and O–H groups in total. The molecule has 9 nitrogen and oxygen atoms in total. The largest absolute Gasteiger partial charge is 0.497 e. The Bertz CT molecular complexity index is 1610. The highest BCUT2D eigenvalue weighted by atomic mass is 19.4. The first-order valence-corrected chi connectivity index (χ1v) is 12.7. The maximum atomic E-state index is 14.3. The zero-order valence-electron chi connectivity index (χ0n) is 22.2. The average Bonchev–Trinajstić information content (AvgIpc) is 3.51. The lowest BCUT2D eigenvalue weighted by Gasteiger charge is -2.22. The number of halogens is 3. The molecule has 3 heterocycles. The minimum absolute atomic E-state index is 0.0628. The van der Waals surface area contributed by atoms with E-state index in [0.717, 1.165) is 10.7 Å². The zero-order chi connectivity index (χ0) is 28.8. The summed E-state index contributed by atoms with van der Waals surface area (Å²) < 4.78 is 56.1. The molecule has 0 saturated carbocycles. The van der Waals surface area contributed by atoms with Crippen LogP contribution in [0.3, 0.4) is 0 Å². The molecule has 1 aliphatic rings.